The number of urea groups is 2. The van der Waals surface area contributed by atoms with Gasteiger partial charge in [-0.15, -0.1) is 11.3 Å². The summed E-state index contributed by atoms with van der Waals surface area (Å²) in [5.74, 6) is 4.10. The van der Waals surface area contributed by atoms with Crippen molar-refractivity contribution in [3.63, 3.8) is 0 Å². The molecule has 0 bridgehead atoms. The number of halogens is 1. The molecule has 5 amide bonds. The highest BCUT2D eigenvalue weighted by atomic mass is 35.5. The Hall–Kier alpha value is -3.09. The number of thiazole rings is 1. The number of aryl methyl sites for hydroxylation is 1. The normalized spacial score (nSPS) is 24.8. The zero-order valence-electron chi connectivity index (χ0n) is 17.8. The first kappa shape index (κ1) is 23.1. The number of nitrogens with two attached hydrogens (primary N) is 1. The van der Waals surface area contributed by atoms with Crippen LogP contribution in [0.5, 0.6) is 0 Å². The molecular formula is C20H23ClN8O3S. The maximum absolute atomic E-state index is 13.3. The third-order valence-electron chi connectivity index (χ3n) is 5.41. The molecule has 0 aromatic carbocycles. The monoisotopic (exact) mass is 490 g/mol. The van der Waals surface area contributed by atoms with Crippen LogP contribution in [0.25, 0.3) is 12.2 Å². The third kappa shape index (κ3) is 5.29. The van der Waals surface area contributed by atoms with E-state index in [1.165, 1.54) is 4.90 Å². The molecule has 3 aliphatic rings. The molecule has 1 saturated heterocycles. The molecule has 0 radical (unpaired) electrons. The second kappa shape index (κ2) is 9.81. The lowest BCUT2D eigenvalue weighted by Crippen LogP contribution is -2.71. The van der Waals surface area contributed by atoms with Gasteiger partial charge in [-0.1, -0.05) is 40.2 Å². The topological polar surface area (TPSA) is 145 Å². The fourth-order valence-corrected chi connectivity index (χ4v) is 4.96. The van der Waals surface area contributed by atoms with Gasteiger partial charge in [-0.05, 0) is 37.8 Å². The standard InChI is InChI=1S/C20H23ClN8O3S/c1-11-23-15-7-6-14(8-16(15)33-11)24-18-25-19(31)29(10-17(30)26-27-22)20(32)28(18)9-12-2-4-13(21)5-3-12/h2,4-5,7-8,12,14,18,24H,3,6,9-10H2,1H3,(H,25,31)(H2,22,26,30). The predicted molar refractivity (Wildman–Crippen MR) is 123 cm³/mol. The summed E-state index contributed by atoms with van der Waals surface area (Å²) in [5, 5.41) is 14.8. The highest BCUT2D eigenvalue weighted by molar-refractivity contribution is 7.09. The molecular weight excluding hydrogens is 468 g/mol. The van der Waals surface area contributed by atoms with Gasteiger partial charge < -0.3 is 11.2 Å². The van der Waals surface area contributed by atoms with Crippen molar-refractivity contribution in [2.24, 2.45) is 22.1 Å². The molecule has 0 saturated carbocycles. The summed E-state index contributed by atoms with van der Waals surface area (Å²) in [6.45, 7) is 1.69. The second-order valence-corrected chi connectivity index (χ2v) is 9.46. The Bertz CT molecular complexity index is 1180. The minimum atomic E-state index is -0.803. The molecule has 0 spiro atoms. The van der Waals surface area contributed by atoms with Crippen molar-refractivity contribution in [2.45, 2.75) is 32.1 Å². The number of aromatic nitrogens is 1. The van der Waals surface area contributed by atoms with Crippen LogP contribution < -0.4 is 26.4 Å². The average molecular weight is 491 g/mol. The van der Waals surface area contributed by atoms with Crippen molar-refractivity contribution in [3.05, 3.63) is 38.1 Å². The van der Waals surface area contributed by atoms with Crippen LogP contribution in [0.3, 0.4) is 0 Å². The Kier molecular flexibility index (Phi) is 6.86. The summed E-state index contributed by atoms with van der Waals surface area (Å²) in [6, 6.07) is -1.43. The Morgan fingerprint density at radius 2 is 2.21 bits per heavy atom. The molecule has 174 valence electrons. The maximum Gasteiger partial charge on any atom is 0.331 e. The first-order chi connectivity index (χ1) is 15.8. The van der Waals surface area contributed by atoms with Crippen LogP contribution in [0.4, 0.5) is 9.59 Å². The molecule has 1 aliphatic heterocycles. The van der Waals surface area contributed by atoms with Crippen LogP contribution in [-0.2, 0) is 4.79 Å². The first-order valence-corrected chi connectivity index (χ1v) is 11.5. The summed E-state index contributed by atoms with van der Waals surface area (Å²) in [7, 11) is 0. The number of carbonyl (C=O) groups excluding carboxylic acids is 3. The number of carbonyl (C=O) groups is 3. The van der Waals surface area contributed by atoms with Gasteiger partial charge in [-0.2, -0.15) is 0 Å². The maximum atomic E-state index is 13.3. The zero-order valence-corrected chi connectivity index (χ0v) is 19.3. The summed E-state index contributed by atoms with van der Waals surface area (Å²) in [6.07, 6.45) is 10.2. The number of nitrogens with zero attached hydrogens (tertiary/aromatic N) is 5. The van der Waals surface area contributed by atoms with Gasteiger partial charge in [0.1, 0.15) is 6.54 Å². The number of hydrogen-bond acceptors (Lipinski definition) is 7. The highest BCUT2D eigenvalue weighted by Gasteiger charge is 2.40. The summed E-state index contributed by atoms with van der Waals surface area (Å²) in [4.78, 5) is 44.6. The van der Waals surface area contributed by atoms with Gasteiger partial charge in [0.25, 0.3) is 5.91 Å². The highest BCUT2D eigenvalue weighted by Crippen LogP contribution is 2.22. The fourth-order valence-electron chi connectivity index (χ4n) is 3.87. The van der Waals surface area contributed by atoms with Gasteiger partial charge in [-0.3, -0.25) is 15.0 Å². The molecule has 2 aliphatic carbocycles. The smallest absolute Gasteiger partial charge is 0.304 e. The zero-order chi connectivity index (χ0) is 23.5. The van der Waals surface area contributed by atoms with Crippen molar-refractivity contribution < 1.29 is 14.4 Å². The number of nitrogens with one attached hydrogen (secondary N) is 2. The molecule has 3 atom stereocenters. The Morgan fingerprint density at radius 1 is 1.39 bits per heavy atom. The van der Waals surface area contributed by atoms with Crippen LogP contribution in [0.15, 0.2) is 33.6 Å². The Morgan fingerprint density at radius 3 is 2.94 bits per heavy atom. The molecule has 33 heavy (non-hydrogen) atoms. The molecule has 4 rings (SSSR count). The average Bonchev–Trinajstić information content (AvgIpc) is 3.15. The predicted octanol–water partition coefficient (Wildman–Crippen LogP) is 0.657. The Labute approximate surface area is 198 Å². The van der Waals surface area contributed by atoms with Gasteiger partial charge in [-0.25, -0.2) is 19.5 Å². The fraction of sp³-hybridized carbons (Fsp3) is 0.400. The van der Waals surface area contributed by atoms with Crippen molar-refractivity contribution in [1.82, 2.24) is 25.4 Å². The van der Waals surface area contributed by atoms with E-state index in [9.17, 15) is 14.4 Å². The van der Waals surface area contributed by atoms with Crippen LogP contribution in [-0.4, -0.2) is 58.2 Å². The van der Waals surface area contributed by atoms with E-state index in [4.69, 9.17) is 17.4 Å². The number of rotatable bonds is 6. The van der Waals surface area contributed by atoms with Crippen molar-refractivity contribution in [3.8, 4) is 0 Å². The number of amides is 5. The SMILES string of the molecule is Cc1nc2c(s1)=CC(NC1NC(=O)N(CC(=O)N=NN)C(=O)N1CC1C=CC(Cl)=CC1)CC=2. The van der Waals surface area contributed by atoms with E-state index in [-0.39, 0.29) is 12.0 Å². The van der Waals surface area contributed by atoms with Crippen LogP contribution >= 0.6 is 22.9 Å². The molecule has 4 N–H and O–H groups in total. The van der Waals surface area contributed by atoms with Crippen molar-refractivity contribution in [2.75, 3.05) is 13.1 Å². The van der Waals surface area contributed by atoms with Crippen LogP contribution in [0.2, 0.25) is 0 Å². The van der Waals surface area contributed by atoms with E-state index in [0.29, 0.717) is 24.4 Å². The first-order valence-electron chi connectivity index (χ1n) is 10.3. The van der Waals surface area contributed by atoms with Gasteiger partial charge in [0.15, 0.2) is 6.29 Å². The van der Waals surface area contributed by atoms with E-state index in [2.05, 4.69) is 32.0 Å². The third-order valence-corrected chi connectivity index (χ3v) is 6.64. The second-order valence-electron chi connectivity index (χ2n) is 7.79. The molecule has 2 heterocycles. The van der Waals surface area contributed by atoms with E-state index >= 15 is 0 Å². The quantitative estimate of drug-likeness (QED) is 0.303. The van der Waals surface area contributed by atoms with Gasteiger partial charge in [0.05, 0.1) is 14.9 Å². The van der Waals surface area contributed by atoms with Gasteiger partial charge in [0, 0.05) is 17.6 Å². The van der Waals surface area contributed by atoms with E-state index in [1.807, 2.05) is 25.2 Å². The minimum Gasteiger partial charge on any atom is -0.304 e. The number of hydrogen-bond donors (Lipinski definition) is 3. The van der Waals surface area contributed by atoms with Gasteiger partial charge in [0.2, 0.25) is 0 Å². The van der Waals surface area contributed by atoms with Crippen LogP contribution in [0.1, 0.15) is 17.8 Å². The van der Waals surface area contributed by atoms with E-state index < -0.39 is 30.8 Å². The van der Waals surface area contributed by atoms with Crippen molar-refractivity contribution >= 4 is 53.1 Å². The largest absolute Gasteiger partial charge is 0.331 e. The lowest BCUT2D eigenvalue weighted by atomic mass is 10.00. The molecule has 11 nitrogen and oxygen atoms in total. The lowest BCUT2D eigenvalue weighted by Gasteiger charge is -2.43. The summed E-state index contributed by atoms with van der Waals surface area (Å²) in [5.41, 5.74) is 0. The number of allylic oxidation sites excluding steroid dienone is 3. The van der Waals surface area contributed by atoms with Gasteiger partial charge >= 0.3 is 12.1 Å². The van der Waals surface area contributed by atoms with Crippen molar-refractivity contribution in [1.29, 1.82) is 0 Å². The molecule has 3 unspecified atom stereocenters. The molecule has 1 fully saturated rings. The summed E-state index contributed by atoms with van der Waals surface area (Å²) < 4.78 is 1.05. The molecule has 13 heteroatoms. The number of imide groups is 1. The summed E-state index contributed by atoms with van der Waals surface area (Å²) >= 11 is 7.61. The van der Waals surface area contributed by atoms with E-state index in [0.717, 1.165) is 19.8 Å². The van der Waals surface area contributed by atoms with Crippen LogP contribution in [0, 0.1) is 12.8 Å². The molecule has 1 aromatic rings. The Balaban J connectivity index is 1.55. The molecule has 1 aromatic heterocycles. The van der Waals surface area contributed by atoms with E-state index in [1.54, 1.807) is 17.4 Å². The lowest BCUT2D eigenvalue weighted by molar-refractivity contribution is -0.118. The minimum absolute atomic E-state index is 0.00493. The number of fused-ring (bicyclic) bond motifs is 1.